The molecule has 0 radical (unpaired) electrons. The van der Waals surface area contributed by atoms with Crippen LogP contribution in [-0.2, 0) is 11.2 Å². The van der Waals surface area contributed by atoms with E-state index in [0.29, 0.717) is 18.9 Å². The van der Waals surface area contributed by atoms with E-state index in [2.05, 4.69) is 19.2 Å². The zero-order valence-corrected chi connectivity index (χ0v) is 12.4. The van der Waals surface area contributed by atoms with Crippen molar-refractivity contribution in [1.82, 2.24) is 5.32 Å². The van der Waals surface area contributed by atoms with Crippen LogP contribution in [0.5, 0.6) is 11.5 Å². The first-order chi connectivity index (χ1) is 9.60. The average molecular weight is 277 g/mol. The van der Waals surface area contributed by atoms with Gasteiger partial charge in [0.15, 0.2) is 0 Å². The van der Waals surface area contributed by atoms with Crippen LogP contribution in [0.3, 0.4) is 0 Å². The molecular formula is C16H23NO3. The monoisotopic (exact) mass is 277 g/mol. The van der Waals surface area contributed by atoms with Gasteiger partial charge in [0.2, 0.25) is 5.91 Å². The zero-order valence-electron chi connectivity index (χ0n) is 12.4. The summed E-state index contributed by atoms with van der Waals surface area (Å²) in [7, 11) is 1.64. The smallest absolute Gasteiger partial charge is 0.226 e. The summed E-state index contributed by atoms with van der Waals surface area (Å²) in [5.74, 6) is 2.23. The molecule has 0 bridgehead atoms. The second-order valence-electron chi connectivity index (χ2n) is 5.66. The van der Waals surface area contributed by atoms with Crippen molar-refractivity contribution in [1.29, 1.82) is 0 Å². The highest BCUT2D eigenvalue weighted by Crippen LogP contribution is 2.30. The van der Waals surface area contributed by atoms with Crippen LogP contribution in [0.4, 0.5) is 0 Å². The van der Waals surface area contributed by atoms with Gasteiger partial charge in [0.25, 0.3) is 0 Å². The third-order valence-electron chi connectivity index (χ3n) is 3.57. The van der Waals surface area contributed by atoms with Gasteiger partial charge in [-0.1, -0.05) is 13.8 Å². The zero-order chi connectivity index (χ0) is 14.5. The molecule has 1 aliphatic rings. The van der Waals surface area contributed by atoms with Crippen molar-refractivity contribution in [2.75, 3.05) is 20.3 Å². The first-order valence-electron chi connectivity index (χ1n) is 7.17. The minimum atomic E-state index is -0.109. The normalized spacial score (nSPS) is 17.3. The molecule has 1 amide bonds. The van der Waals surface area contributed by atoms with Gasteiger partial charge >= 0.3 is 0 Å². The standard InChI is InChI=1S/C16H23NO3/c1-11(2)6-7-17-16(18)13-8-12-9-14(19-3)4-5-15(12)20-10-13/h4-5,9,11,13H,6-8,10H2,1-3H3,(H,17,18). The molecule has 110 valence electrons. The Kier molecular flexibility index (Phi) is 4.88. The molecule has 0 aliphatic carbocycles. The van der Waals surface area contributed by atoms with Crippen molar-refractivity contribution >= 4 is 5.91 Å². The van der Waals surface area contributed by atoms with Gasteiger partial charge in [-0.15, -0.1) is 0 Å². The van der Waals surface area contributed by atoms with Crippen LogP contribution in [0, 0.1) is 11.8 Å². The van der Waals surface area contributed by atoms with Crippen molar-refractivity contribution in [3.8, 4) is 11.5 Å². The minimum absolute atomic E-state index is 0.0825. The van der Waals surface area contributed by atoms with Crippen LogP contribution in [0.25, 0.3) is 0 Å². The first-order valence-corrected chi connectivity index (χ1v) is 7.17. The van der Waals surface area contributed by atoms with E-state index in [-0.39, 0.29) is 11.8 Å². The number of ether oxygens (including phenoxy) is 2. The number of methoxy groups -OCH3 is 1. The van der Waals surface area contributed by atoms with Gasteiger partial charge in [-0.2, -0.15) is 0 Å². The third kappa shape index (κ3) is 3.65. The average Bonchev–Trinajstić information content (AvgIpc) is 2.45. The third-order valence-corrected chi connectivity index (χ3v) is 3.57. The molecule has 1 aliphatic heterocycles. The Balaban J connectivity index is 1.94. The van der Waals surface area contributed by atoms with E-state index in [1.54, 1.807) is 7.11 Å². The van der Waals surface area contributed by atoms with Crippen LogP contribution < -0.4 is 14.8 Å². The number of benzene rings is 1. The lowest BCUT2D eigenvalue weighted by molar-refractivity contribution is -0.126. The highest BCUT2D eigenvalue weighted by Gasteiger charge is 2.26. The van der Waals surface area contributed by atoms with E-state index in [9.17, 15) is 4.79 Å². The van der Waals surface area contributed by atoms with E-state index in [1.807, 2.05) is 18.2 Å². The minimum Gasteiger partial charge on any atom is -0.497 e. The summed E-state index contributed by atoms with van der Waals surface area (Å²) in [6.07, 6.45) is 1.71. The Bertz CT molecular complexity index is 471. The Morgan fingerprint density at radius 2 is 2.30 bits per heavy atom. The van der Waals surface area contributed by atoms with Crippen molar-refractivity contribution in [3.63, 3.8) is 0 Å². The Labute approximate surface area is 120 Å². The molecule has 1 unspecified atom stereocenters. The molecule has 0 saturated carbocycles. The van der Waals surface area contributed by atoms with Gasteiger partial charge in [0.1, 0.15) is 18.1 Å². The Morgan fingerprint density at radius 1 is 1.50 bits per heavy atom. The van der Waals surface area contributed by atoms with Crippen molar-refractivity contribution in [3.05, 3.63) is 23.8 Å². The topological polar surface area (TPSA) is 47.6 Å². The number of hydrogen-bond acceptors (Lipinski definition) is 3. The highest BCUT2D eigenvalue weighted by molar-refractivity contribution is 5.79. The molecule has 4 nitrogen and oxygen atoms in total. The van der Waals surface area contributed by atoms with Gasteiger partial charge in [-0.25, -0.2) is 0 Å². The first kappa shape index (κ1) is 14.7. The van der Waals surface area contributed by atoms with Crippen LogP contribution in [0.15, 0.2) is 18.2 Å². The molecule has 1 aromatic rings. The van der Waals surface area contributed by atoms with Crippen molar-refractivity contribution in [2.45, 2.75) is 26.7 Å². The van der Waals surface area contributed by atoms with E-state index in [1.165, 1.54) is 0 Å². The number of amides is 1. The predicted octanol–water partition coefficient (Wildman–Crippen LogP) is 2.41. The van der Waals surface area contributed by atoms with Gasteiger partial charge in [0.05, 0.1) is 13.0 Å². The summed E-state index contributed by atoms with van der Waals surface area (Å²) in [5, 5.41) is 2.99. The summed E-state index contributed by atoms with van der Waals surface area (Å²) in [5.41, 5.74) is 1.04. The summed E-state index contributed by atoms with van der Waals surface area (Å²) >= 11 is 0. The second kappa shape index (κ2) is 6.64. The Morgan fingerprint density at radius 3 is 3.00 bits per heavy atom. The number of hydrogen-bond donors (Lipinski definition) is 1. The van der Waals surface area contributed by atoms with E-state index >= 15 is 0 Å². The maximum atomic E-state index is 12.1. The molecule has 20 heavy (non-hydrogen) atoms. The fraction of sp³-hybridized carbons (Fsp3) is 0.562. The molecule has 1 aromatic carbocycles. The molecule has 0 aromatic heterocycles. The summed E-state index contributed by atoms with van der Waals surface area (Å²) < 4.78 is 10.9. The molecular weight excluding hydrogens is 254 g/mol. The van der Waals surface area contributed by atoms with Gasteiger partial charge < -0.3 is 14.8 Å². The number of nitrogens with one attached hydrogen (secondary N) is 1. The molecule has 1 heterocycles. The van der Waals surface area contributed by atoms with Gasteiger partial charge in [0, 0.05) is 6.54 Å². The van der Waals surface area contributed by atoms with Gasteiger partial charge in [-0.3, -0.25) is 4.79 Å². The number of fused-ring (bicyclic) bond motifs is 1. The number of rotatable bonds is 5. The number of carbonyl (C=O) groups excluding carboxylic acids is 1. The molecule has 0 spiro atoms. The lowest BCUT2D eigenvalue weighted by atomic mass is 9.95. The van der Waals surface area contributed by atoms with Crippen LogP contribution >= 0.6 is 0 Å². The molecule has 2 rings (SSSR count). The van der Waals surface area contributed by atoms with E-state index in [4.69, 9.17) is 9.47 Å². The highest BCUT2D eigenvalue weighted by atomic mass is 16.5. The van der Waals surface area contributed by atoms with Crippen LogP contribution in [-0.4, -0.2) is 26.2 Å². The second-order valence-corrected chi connectivity index (χ2v) is 5.66. The lowest BCUT2D eigenvalue weighted by Gasteiger charge is -2.25. The predicted molar refractivity (Wildman–Crippen MR) is 78.1 cm³/mol. The van der Waals surface area contributed by atoms with Crippen molar-refractivity contribution in [2.24, 2.45) is 11.8 Å². The number of carbonyl (C=O) groups is 1. The maximum Gasteiger partial charge on any atom is 0.226 e. The molecule has 4 heteroatoms. The largest absolute Gasteiger partial charge is 0.497 e. The maximum absolute atomic E-state index is 12.1. The summed E-state index contributed by atoms with van der Waals surface area (Å²) in [4.78, 5) is 12.1. The van der Waals surface area contributed by atoms with E-state index in [0.717, 1.165) is 30.0 Å². The SMILES string of the molecule is COc1ccc2c(c1)CC(C(=O)NCCC(C)C)CO2. The van der Waals surface area contributed by atoms with Crippen LogP contribution in [0.2, 0.25) is 0 Å². The Hall–Kier alpha value is -1.71. The summed E-state index contributed by atoms with van der Waals surface area (Å²) in [6, 6.07) is 5.73. The van der Waals surface area contributed by atoms with Crippen molar-refractivity contribution < 1.29 is 14.3 Å². The molecule has 0 saturated heterocycles. The van der Waals surface area contributed by atoms with E-state index < -0.39 is 0 Å². The van der Waals surface area contributed by atoms with Crippen LogP contribution in [0.1, 0.15) is 25.8 Å². The summed E-state index contributed by atoms with van der Waals surface area (Å²) in [6.45, 7) is 5.49. The fourth-order valence-electron chi connectivity index (χ4n) is 2.29. The van der Waals surface area contributed by atoms with Gasteiger partial charge in [-0.05, 0) is 42.5 Å². The molecule has 1 atom stereocenters. The lowest BCUT2D eigenvalue weighted by Crippen LogP contribution is -2.38. The fourth-order valence-corrected chi connectivity index (χ4v) is 2.29. The molecule has 1 N–H and O–H groups in total. The quantitative estimate of drug-likeness (QED) is 0.899. The molecule has 0 fully saturated rings.